The first-order valence-corrected chi connectivity index (χ1v) is 9.53. The summed E-state index contributed by atoms with van der Waals surface area (Å²) in [4.78, 5) is 37.8. The minimum Gasteiger partial charge on any atom is -0.426 e. The number of ether oxygens (including phenoxy) is 2. The standard InChI is InChI=1S/C21H14Cl2N2O6/c1-11(26)30-19-8-6-15(25(28)29)9-13(19)3-4-14-5-7-16-17(22)10-18(23)21(20(16)24-14)31-12(2)27/h3-10H,1-2H3/b4-3+. The molecule has 0 radical (unpaired) electrons. The molecule has 0 bridgehead atoms. The van der Waals surface area contributed by atoms with Gasteiger partial charge in [0, 0.05) is 36.9 Å². The Bertz CT molecular complexity index is 1260. The summed E-state index contributed by atoms with van der Waals surface area (Å²) in [6.07, 6.45) is 3.06. The summed E-state index contributed by atoms with van der Waals surface area (Å²) in [7, 11) is 0. The highest BCUT2D eigenvalue weighted by atomic mass is 35.5. The number of rotatable bonds is 5. The molecule has 0 fully saturated rings. The molecule has 0 aliphatic heterocycles. The topological polar surface area (TPSA) is 109 Å². The van der Waals surface area contributed by atoms with Crippen molar-refractivity contribution >= 4 is 63.9 Å². The van der Waals surface area contributed by atoms with Gasteiger partial charge in [-0.05, 0) is 36.4 Å². The lowest BCUT2D eigenvalue weighted by Crippen LogP contribution is -2.03. The summed E-state index contributed by atoms with van der Waals surface area (Å²) in [5.41, 5.74) is 0.821. The van der Waals surface area contributed by atoms with Crippen molar-refractivity contribution in [2.24, 2.45) is 0 Å². The second-order valence-electron chi connectivity index (χ2n) is 6.30. The third kappa shape index (κ3) is 5.17. The zero-order valence-electron chi connectivity index (χ0n) is 16.2. The van der Waals surface area contributed by atoms with Crippen LogP contribution in [0.5, 0.6) is 11.5 Å². The number of aromatic nitrogens is 1. The molecule has 0 aliphatic rings. The number of nitro benzene ring substituents is 1. The SMILES string of the molecule is CC(=O)Oc1ccc([N+](=O)[O-])cc1/C=C/c1ccc2c(Cl)cc(Cl)c(OC(C)=O)c2n1. The molecule has 0 aliphatic carbocycles. The van der Waals surface area contributed by atoms with E-state index in [1.54, 1.807) is 18.2 Å². The van der Waals surface area contributed by atoms with Crippen molar-refractivity contribution in [1.82, 2.24) is 4.98 Å². The zero-order valence-corrected chi connectivity index (χ0v) is 17.7. The first-order chi connectivity index (χ1) is 14.7. The second-order valence-corrected chi connectivity index (χ2v) is 7.12. The zero-order chi connectivity index (χ0) is 22.7. The normalized spacial score (nSPS) is 11.0. The summed E-state index contributed by atoms with van der Waals surface area (Å²) in [5, 5.41) is 12.1. The van der Waals surface area contributed by atoms with Crippen molar-refractivity contribution < 1.29 is 24.0 Å². The number of benzene rings is 2. The maximum Gasteiger partial charge on any atom is 0.308 e. The van der Waals surface area contributed by atoms with Crippen LogP contribution in [0.2, 0.25) is 10.0 Å². The molecular weight excluding hydrogens is 447 g/mol. The van der Waals surface area contributed by atoms with Gasteiger partial charge in [-0.25, -0.2) is 4.98 Å². The Morgan fingerprint density at radius 1 is 1.00 bits per heavy atom. The molecule has 0 unspecified atom stereocenters. The Labute approximate surface area is 186 Å². The van der Waals surface area contributed by atoms with E-state index < -0.39 is 16.9 Å². The number of fused-ring (bicyclic) bond motifs is 1. The minimum atomic E-state index is -0.573. The van der Waals surface area contributed by atoms with E-state index >= 15 is 0 Å². The van der Waals surface area contributed by atoms with Crippen molar-refractivity contribution in [3.05, 3.63) is 67.8 Å². The molecule has 158 valence electrons. The summed E-state index contributed by atoms with van der Waals surface area (Å²) in [6, 6.07) is 8.63. The first kappa shape index (κ1) is 22.2. The van der Waals surface area contributed by atoms with E-state index in [4.69, 9.17) is 32.7 Å². The van der Waals surface area contributed by atoms with Crippen LogP contribution in [0.3, 0.4) is 0 Å². The molecule has 31 heavy (non-hydrogen) atoms. The molecule has 8 nitrogen and oxygen atoms in total. The van der Waals surface area contributed by atoms with Gasteiger partial charge in [0.15, 0.2) is 5.75 Å². The number of nitrogens with zero attached hydrogens (tertiary/aromatic N) is 2. The van der Waals surface area contributed by atoms with Gasteiger partial charge >= 0.3 is 11.9 Å². The van der Waals surface area contributed by atoms with Gasteiger partial charge < -0.3 is 9.47 Å². The van der Waals surface area contributed by atoms with Gasteiger partial charge in [0.1, 0.15) is 11.3 Å². The second kappa shape index (κ2) is 9.11. The van der Waals surface area contributed by atoms with Crippen LogP contribution in [0.15, 0.2) is 36.4 Å². The van der Waals surface area contributed by atoms with Crippen molar-refractivity contribution in [3.8, 4) is 11.5 Å². The van der Waals surface area contributed by atoms with Gasteiger partial charge in [-0.3, -0.25) is 19.7 Å². The van der Waals surface area contributed by atoms with E-state index in [9.17, 15) is 19.7 Å². The first-order valence-electron chi connectivity index (χ1n) is 8.78. The maximum atomic E-state index is 11.5. The molecule has 0 N–H and O–H groups in total. The van der Waals surface area contributed by atoms with Crippen LogP contribution in [0, 0.1) is 10.1 Å². The monoisotopic (exact) mass is 460 g/mol. The number of non-ortho nitro benzene ring substituents is 1. The Balaban J connectivity index is 2.09. The highest BCUT2D eigenvalue weighted by Crippen LogP contribution is 2.37. The molecule has 0 amide bonds. The van der Waals surface area contributed by atoms with Gasteiger partial charge in [0.2, 0.25) is 0 Å². The van der Waals surface area contributed by atoms with Crippen molar-refractivity contribution in [1.29, 1.82) is 0 Å². The third-order valence-electron chi connectivity index (χ3n) is 4.00. The predicted octanol–water partition coefficient (Wildman–Crippen LogP) is 5.47. The van der Waals surface area contributed by atoms with E-state index in [1.165, 1.54) is 44.2 Å². The van der Waals surface area contributed by atoms with E-state index in [2.05, 4.69) is 4.98 Å². The Morgan fingerprint density at radius 3 is 2.35 bits per heavy atom. The molecule has 0 saturated heterocycles. The van der Waals surface area contributed by atoms with Gasteiger partial charge in [-0.1, -0.05) is 23.2 Å². The molecule has 2 aromatic carbocycles. The van der Waals surface area contributed by atoms with Gasteiger partial charge in [0.25, 0.3) is 5.69 Å². The van der Waals surface area contributed by atoms with Crippen LogP contribution in [0.1, 0.15) is 25.1 Å². The number of halogens is 2. The van der Waals surface area contributed by atoms with Crippen molar-refractivity contribution in [3.63, 3.8) is 0 Å². The van der Waals surface area contributed by atoms with Crippen LogP contribution in [-0.4, -0.2) is 21.8 Å². The number of esters is 2. The van der Waals surface area contributed by atoms with E-state index in [1.807, 2.05) is 0 Å². The smallest absolute Gasteiger partial charge is 0.308 e. The molecule has 10 heteroatoms. The Hall–Kier alpha value is -3.49. The van der Waals surface area contributed by atoms with Crippen molar-refractivity contribution in [2.75, 3.05) is 0 Å². The molecule has 3 rings (SSSR count). The molecule has 3 aromatic rings. The molecular formula is C21H14Cl2N2O6. The predicted molar refractivity (Wildman–Crippen MR) is 116 cm³/mol. The minimum absolute atomic E-state index is 0.0692. The number of pyridine rings is 1. The summed E-state index contributed by atoms with van der Waals surface area (Å²) in [5.74, 6) is -0.917. The lowest BCUT2D eigenvalue weighted by atomic mass is 10.1. The molecule has 0 spiro atoms. The molecule has 0 saturated carbocycles. The lowest BCUT2D eigenvalue weighted by Gasteiger charge is -2.10. The van der Waals surface area contributed by atoms with Crippen LogP contribution in [0.25, 0.3) is 23.1 Å². The quantitative estimate of drug-likeness (QED) is 0.215. The largest absolute Gasteiger partial charge is 0.426 e. The Kier molecular flexibility index (Phi) is 6.53. The van der Waals surface area contributed by atoms with E-state index in [0.29, 0.717) is 21.7 Å². The van der Waals surface area contributed by atoms with Crippen LogP contribution < -0.4 is 9.47 Å². The average molecular weight is 461 g/mol. The fourth-order valence-corrected chi connectivity index (χ4v) is 3.30. The number of carbonyl (C=O) groups is 2. The van der Waals surface area contributed by atoms with Crippen LogP contribution in [0.4, 0.5) is 5.69 Å². The van der Waals surface area contributed by atoms with E-state index in [0.717, 1.165) is 0 Å². The molecule has 1 heterocycles. The number of hydrogen-bond acceptors (Lipinski definition) is 7. The van der Waals surface area contributed by atoms with Gasteiger partial charge in [-0.15, -0.1) is 0 Å². The van der Waals surface area contributed by atoms with Gasteiger partial charge in [0.05, 0.1) is 20.7 Å². The average Bonchev–Trinajstić information content (AvgIpc) is 2.69. The lowest BCUT2D eigenvalue weighted by molar-refractivity contribution is -0.384. The Morgan fingerprint density at radius 2 is 1.71 bits per heavy atom. The van der Waals surface area contributed by atoms with Crippen LogP contribution >= 0.6 is 23.2 Å². The number of nitro groups is 1. The summed E-state index contributed by atoms with van der Waals surface area (Å²) in [6.45, 7) is 2.46. The maximum absolute atomic E-state index is 11.5. The van der Waals surface area contributed by atoms with Crippen LogP contribution in [-0.2, 0) is 9.59 Å². The highest BCUT2D eigenvalue weighted by molar-refractivity contribution is 6.39. The highest BCUT2D eigenvalue weighted by Gasteiger charge is 2.16. The fraction of sp³-hybridized carbons (Fsp3) is 0.0952. The van der Waals surface area contributed by atoms with Crippen molar-refractivity contribution in [2.45, 2.75) is 13.8 Å². The molecule has 1 aromatic heterocycles. The van der Waals surface area contributed by atoms with E-state index in [-0.39, 0.29) is 27.7 Å². The summed E-state index contributed by atoms with van der Waals surface area (Å²) < 4.78 is 10.3. The summed E-state index contributed by atoms with van der Waals surface area (Å²) >= 11 is 12.4. The third-order valence-corrected chi connectivity index (χ3v) is 4.59. The number of carbonyl (C=O) groups excluding carboxylic acids is 2. The number of hydrogen-bond donors (Lipinski definition) is 0. The molecule has 0 atom stereocenters. The fourth-order valence-electron chi connectivity index (χ4n) is 2.74. The van der Waals surface area contributed by atoms with Gasteiger partial charge in [-0.2, -0.15) is 0 Å².